The minimum atomic E-state index is 0.488. The van der Waals surface area contributed by atoms with E-state index in [0.717, 1.165) is 54.1 Å². The molecule has 2 nitrogen and oxygen atoms in total. The van der Waals surface area contributed by atoms with Gasteiger partial charge in [-0.3, -0.25) is 0 Å². The summed E-state index contributed by atoms with van der Waals surface area (Å²) >= 11 is 6.39. The highest BCUT2D eigenvalue weighted by Crippen LogP contribution is 2.40. The van der Waals surface area contributed by atoms with E-state index in [0.29, 0.717) is 12.5 Å². The number of nitrogens with two attached hydrogens (primary N) is 1. The molecular weight excluding hydrogens is 270 g/mol. The molecule has 20 heavy (non-hydrogen) atoms. The molecule has 1 aromatic carbocycles. The van der Waals surface area contributed by atoms with Crippen molar-refractivity contribution in [1.29, 1.82) is 0 Å². The van der Waals surface area contributed by atoms with Crippen LogP contribution in [0.3, 0.4) is 0 Å². The van der Waals surface area contributed by atoms with E-state index in [1.54, 1.807) is 0 Å². The van der Waals surface area contributed by atoms with Gasteiger partial charge in [0.1, 0.15) is 5.75 Å². The minimum absolute atomic E-state index is 0.488. The summed E-state index contributed by atoms with van der Waals surface area (Å²) in [4.78, 5) is 0. The monoisotopic (exact) mass is 297 g/mol. The van der Waals surface area contributed by atoms with Gasteiger partial charge in [0.05, 0.1) is 6.61 Å². The van der Waals surface area contributed by atoms with Crippen molar-refractivity contribution in [3.8, 4) is 5.75 Å². The van der Waals surface area contributed by atoms with Gasteiger partial charge in [0, 0.05) is 10.6 Å². The van der Waals surface area contributed by atoms with Crippen LogP contribution in [-0.4, -0.2) is 13.2 Å². The third kappa shape index (κ3) is 4.13. The molecule has 3 heteroatoms. The van der Waals surface area contributed by atoms with E-state index in [2.05, 4.69) is 20.8 Å². The Hall–Kier alpha value is -0.730. The van der Waals surface area contributed by atoms with Gasteiger partial charge in [0.2, 0.25) is 0 Å². The maximum absolute atomic E-state index is 6.39. The van der Waals surface area contributed by atoms with Gasteiger partial charge in [-0.1, -0.05) is 24.9 Å². The van der Waals surface area contributed by atoms with Gasteiger partial charge >= 0.3 is 0 Å². The predicted molar refractivity (Wildman–Crippen MR) is 88.0 cm³/mol. The van der Waals surface area contributed by atoms with Gasteiger partial charge < -0.3 is 10.5 Å². The second-order valence-electron chi connectivity index (χ2n) is 5.39. The lowest BCUT2D eigenvalue weighted by molar-refractivity contribution is 0.329. The maximum atomic E-state index is 6.39. The van der Waals surface area contributed by atoms with Crippen LogP contribution in [0.2, 0.25) is 5.02 Å². The average Bonchev–Trinajstić information content (AvgIpc) is 2.42. The lowest BCUT2D eigenvalue weighted by Gasteiger charge is -2.24. The first-order valence-corrected chi connectivity index (χ1v) is 8.06. The number of hydrogen-bond donors (Lipinski definition) is 1. The fraction of sp³-hybridized carbons (Fsp3) is 0.647. The fourth-order valence-electron chi connectivity index (χ4n) is 2.85. The lowest BCUT2D eigenvalue weighted by atomic mass is 9.85. The summed E-state index contributed by atoms with van der Waals surface area (Å²) in [5, 5.41) is 0.842. The molecule has 0 heterocycles. The molecule has 1 atom stereocenters. The molecule has 114 valence electrons. The van der Waals surface area contributed by atoms with Crippen molar-refractivity contribution in [2.75, 3.05) is 13.2 Å². The molecule has 0 aliphatic heterocycles. The molecular formula is C17H28ClNO. The number of rotatable bonds is 8. The summed E-state index contributed by atoms with van der Waals surface area (Å²) < 4.78 is 5.92. The van der Waals surface area contributed by atoms with Crippen LogP contribution in [-0.2, 0) is 0 Å². The fourth-order valence-corrected chi connectivity index (χ4v) is 3.11. The first-order valence-electron chi connectivity index (χ1n) is 7.69. The van der Waals surface area contributed by atoms with Crippen LogP contribution >= 0.6 is 11.6 Å². The van der Waals surface area contributed by atoms with Crippen LogP contribution in [0.15, 0.2) is 6.07 Å². The van der Waals surface area contributed by atoms with Crippen LogP contribution in [0.4, 0.5) is 0 Å². The van der Waals surface area contributed by atoms with Crippen molar-refractivity contribution in [2.45, 2.75) is 59.3 Å². The third-order valence-electron chi connectivity index (χ3n) is 3.80. The first kappa shape index (κ1) is 17.3. The van der Waals surface area contributed by atoms with Gasteiger partial charge in [-0.05, 0) is 69.7 Å². The predicted octanol–water partition coefficient (Wildman–Crippen LogP) is 4.98. The Morgan fingerprint density at radius 1 is 1.25 bits per heavy atom. The number of ether oxygens (including phenoxy) is 1. The van der Waals surface area contributed by atoms with E-state index in [4.69, 9.17) is 22.1 Å². The van der Waals surface area contributed by atoms with E-state index in [1.165, 1.54) is 5.56 Å². The molecule has 2 N–H and O–H groups in total. The van der Waals surface area contributed by atoms with E-state index in [-0.39, 0.29) is 0 Å². The SMILES string of the molecule is CCCC(CCCN)c1c(C)c(Cl)cc(C)c1OCC. The van der Waals surface area contributed by atoms with Crippen LogP contribution < -0.4 is 10.5 Å². The zero-order valence-corrected chi connectivity index (χ0v) is 14.0. The summed E-state index contributed by atoms with van der Waals surface area (Å²) in [6.45, 7) is 9.86. The van der Waals surface area contributed by atoms with E-state index in [1.807, 2.05) is 13.0 Å². The number of aryl methyl sites for hydroxylation is 1. The molecule has 1 unspecified atom stereocenters. The second-order valence-corrected chi connectivity index (χ2v) is 5.80. The van der Waals surface area contributed by atoms with E-state index in [9.17, 15) is 0 Å². The standard InChI is InChI=1S/C17H28ClNO/c1-5-8-14(9-7-10-19)16-13(4)15(18)11-12(3)17(16)20-6-2/h11,14H,5-10,19H2,1-4H3. The highest BCUT2D eigenvalue weighted by atomic mass is 35.5. The molecule has 1 rings (SSSR count). The van der Waals surface area contributed by atoms with Gasteiger partial charge in [0.15, 0.2) is 0 Å². The highest BCUT2D eigenvalue weighted by Gasteiger charge is 2.21. The molecule has 0 bridgehead atoms. The quantitative estimate of drug-likeness (QED) is 0.734. The van der Waals surface area contributed by atoms with Crippen LogP contribution in [0.25, 0.3) is 0 Å². The summed E-state index contributed by atoms with van der Waals surface area (Å²) in [7, 11) is 0. The van der Waals surface area contributed by atoms with Crippen molar-refractivity contribution in [2.24, 2.45) is 5.73 Å². The Morgan fingerprint density at radius 2 is 1.95 bits per heavy atom. The number of hydrogen-bond acceptors (Lipinski definition) is 2. The Balaban J connectivity index is 3.28. The van der Waals surface area contributed by atoms with Crippen molar-refractivity contribution >= 4 is 11.6 Å². The maximum Gasteiger partial charge on any atom is 0.126 e. The summed E-state index contributed by atoms with van der Waals surface area (Å²) in [5.41, 5.74) is 9.28. The van der Waals surface area contributed by atoms with Crippen LogP contribution in [0, 0.1) is 13.8 Å². The van der Waals surface area contributed by atoms with Gasteiger partial charge in [-0.2, -0.15) is 0 Å². The molecule has 0 fully saturated rings. The molecule has 0 saturated heterocycles. The number of benzene rings is 1. The molecule has 0 radical (unpaired) electrons. The van der Waals surface area contributed by atoms with Crippen molar-refractivity contribution in [1.82, 2.24) is 0 Å². The normalized spacial score (nSPS) is 12.5. The van der Waals surface area contributed by atoms with Crippen LogP contribution in [0.1, 0.15) is 62.1 Å². The molecule has 0 aliphatic rings. The summed E-state index contributed by atoms with van der Waals surface area (Å²) in [6.07, 6.45) is 4.46. The Bertz CT molecular complexity index is 431. The Kier molecular flexibility index (Phi) is 7.39. The molecule has 0 saturated carbocycles. The minimum Gasteiger partial charge on any atom is -0.493 e. The Labute approximate surface area is 128 Å². The van der Waals surface area contributed by atoms with Gasteiger partial charge in [0.25, 0.3) is 0 Å². The average molecular weight is 298 g/mol. The van der Waals surface area contributed by atoms with E-state index < -0.39 is 0 Å². The van der Waals surface area contributed by atoms with E-state index >= 15 is 0 Å². The smallest absolute Gasteiger partial charge is 0.126 e. The molecule has 1 aromatic rings. The molecule has 0 aromatic heterocycles. The molecule has 0 spiro atoms. The summed E-state index contributed by atoms with van der Waals surface area (Å²) in [5.74, 6) is 1.52. The molecule has 0 aliphatic carbocycles. The lowest BCUT2D eigenvalue weighted by Crippen LogP contribution is -2.10. The third-order valence-corrected chi connectivity index (χ3v) is 4.19. The van der Waals surface area contributed by atoms with Crippen LogP contribution in [0.5, 0.6) is 5.75 Å². The zero-order chi connectivity index (χ0) is 15.1. The zero-order valence-electron chi connectivity index (χ0n) is 13.3. The van der Waals surface area contributed by atoms with Crippen molar-refractivity contribution in [3.05, 3.63) is 27.8 Å². The summed E-state index contributed by atoms with van der Waals surface area (Å²) in [6, 6.07) is 2.01. The highest BCUT2D eigenvalue weighted by molar-refractivity contribution is 6.31. The topological polar surface area (TPSA) is 35.2 Å². The van der Waals surface area contributed by atoms with Crippen molar-refractivity contribution < 1.29 is 4.74 Å². The number of halogens is 1. The Morgan fingerprint density at radius 3 is 2.50 bits per heavy atom. The first-order chi connectivity index (χ1) is 9.56. The van der Waals surface area contributed by atoms with Gasteiger partial charge in [-0.15, -0.1) is 0 Å². The van der Waals surface area contributed by atoms with Gasteiger partial charge in [-0.25, -0.2) is 0 Å². The van der Waals surface area contributed by atoms with Crippen molar-refractivity contribution in [3.63, 3.8) is 0 Å². The largest absolute Gasteiger partial charge is 0.493 e. The molecule has 0 amide bonds. The second kappa shape index (κ2) is 8.53.